The Balaban J connectivity index is 2.02. The third-order valence-electron chi connectivity index (χ3n) is 2.98. The van der Waals surface area contributed by atoms with Crippen molar-refractivity contribution in [2.45, 2.75) is 12.6 Å². The highest BCUT2D eigenvalue weighted by molar-refractivity contribution is 6.14. The Hall–Kier alpha value is -2.47. The fraction of sp³-hybridized carbons (Fsp3) is 0.267. The summed E-state index contributed by atoms with van der Waals surface area (Å²) in [4.78, 5) is 36.2. The maximum atomic E-state index is 12.1. The number of carbonyl (C=O) groups is 3. The van der Waals surface area contributed by atoms with Crippen LogP contribution in [-0.4, -0.2) is 42.4 Å². The molecule has 0 aliphatic carbocycles. The molecule has 1 aromatic rings. The molecule has 1 aliphatic rings. The summed E-state index contributed by atoms with van der Waals surface area (Å²) in [6.45, 7) is -0.0314. The van der Waals surface area contributed by atoms with Crippen LogP contribution in [0.15, 0.2) is 42.5 Å². The molecule has 21 heavy (non-hydrogen) atoms. The van der Waals surface area contributed by atoms with Crippen LogP contribution in [0, 0.1) is 0 Å². The SMILES string of the molecule is COCC(C(=O)OCc1ccccc1)N1C(=O)C=CC1=O. The Bertz CT molecular complexity index is 549. The van der Waals surface area contributed by atoms with E-state index in [0.29, 0.717) is 0 Å². The van der Waals surface area contributed by atoms with Crippen molar-refractivity contribution in [3.8, 4) is 0 Å². The van der Waals surface area contributed by atoms with Gasteiger partial charge >= 0.3 is 5.97 Å². The lowest BCUT2D eigenvalue weighted by atomic mass is 10.2. The summed E-state index contributed by atoms with van der Waals surface area (Å²) < 4.78 is 10.1. The Labute approximate surface area is 121 Å². The molecule has 0 saturated carbocycles. The van der Waals surface area contributed by atoms with Crippen molar-refractivity contribution in [1.82, 2.24) is 4.90 Å². The summed E-state index contributed by atoms with van der Waals surface area (Å²) in [7, 11) is 1.38. The minimum absolute atomic E-state index is 0.0730. The van der Waals surface area contributed by atoms with Crippen LogP contribution in [0.2, 0.25) is 0 Å². The first kappa shape index (κ1) is 14.9. The molecule has 0 N–H and O–H groups in total. The zero-order valence-corrected chi connectivity index (χ0v) is 11.5. The fourth-order valence-corrected chi connectivity index (χ4v) is 1.95. The third kappa shape index (κ3) is 3.55. The molecule has 6 nitrogen and oxygen atoms in total. The van der Waals surface area contributed by atoms with E-state index < -0.39 is 23.8 Å². The number of rotatable bonds is 6. The third-order valence-corrected chi connectivity index (χ3v) is 2.98. The van der Waals surface area contributed by atoms with E-state index in [-0.39, 0.29) is 13.2 Å². The van der Waals surface area contributed by atoms with E-state index in [2.05, 4.69) is 0 Å². The minimum atomic E-state index is -1.08. The van der Waals surface area contributed by atoms with Crippen LogP contribution in [0.25, 0.3) is 0 Å². The number of ether oxygens (including phenoxy) is 2. The van der Waals surface area contributed by atoms with Gasteiger partial charge in [-0.3, -0.25) is 14.5 Å². The van der Waals surface area contributed by atoms with E-state index in [0.717, 1.165) is 22.6 Å². The van der Waals surface area contributed by atoms with Crippen LogP contribution in [0.5, 0.6) is 0 Å². The normalized spacial score (nSPS) is 15.4. The largest absolute Gasteiger partial charge is 0.459 e. The second-order valence-corrected chi connectivity index (χ2v) is 4.44. The van der Waals surface area contributed by atoms with Gasteiger partial charge in [-0.15, -0.1) is 0 Å². The van der Waals surface area contributed by atoms with Crippen LogP contribution < -0.4 is 0 Å². The van der Waals surface area contributed by atoms with Crippen LogP contribution >= 0.6 is 0 Å². The molecule has 1 heterocycles. The summed E-state index contributed by atoms with van der Waals surface area (Å²) in [6.07, 6.45) is 2.24. The van der Waals surface area contributed by atoms with Crippen LogP contribution in [0.4, 0.5) is 0 Å². The molecule has 2 rings (SSSR count). The zero-order valence-electron chi connectivity index (χ0n) is 11.5. The second-order valence-electron chi connectivity index (χ2n) is 4.44. The second kappa shape index (κ2) is 6.81. The lowest BCUT2D eigenvalue weighted by Gasteiger charge is -2.23. The Morgan fingerprint density at radius 1 is 1.14 bits per heavy atom. The number of hydrogen-bond donors (Lipinski definition) is 0. The predicted molar refractivity (Wildman–Crippen MR) is 72.9 cm³/mol. The summed E-state index contributed by atoms with van der Waals surface area (Å²) in [5.41, 5.74) is 0.819. The Morgan fingerprint density at radius 2 is 1.76 bits per heavy atom. The maximum absolute atomic E-state index is 12.1. The van der Waals surface area contributed by atoms with Crippen molar-refractivity contribution in [1.29, 1.82) is 0 Å². The average molecular weight is 289 g/mol. The molecule has 2 amide bonds. The van der Waals surface area contributed by atoms with Crippen molar-refractivity contribution in [2.75, 3.05) is 13.7 Å². The molecule has 0 fully saturated rings. The van der Waals surface area contributed by atoms with Gasteiger partial charge in [0, 0.05) is 19.3 Å². The first-order valence-corrected chi connectivity index (χ1v) is 6.38. The zero-order chi connectivity index (χ0) is 15.2. The molecule has 6 heteroatoms. The maximum Gasteiger partial charge on any atom is 0.332 e. The van der Waals surface area contributed by atoms with E-state index in [1.807, 2.05) is 30.3 Å². The fourth-order valence-electron chi connectivity index (χ4n) is 1.95. The van der Waals surface area contributed by atoms with Gasteiger partial charge in [-0.1, -0.05) is 30.3 Å². The smallest absolute Gasteiger partial charge is 0.332 e. The molecule has 1 atom stereocenters. The summed E-state index contributed by atoms with van der Waals surface area (Å²) in [6, 6.07) is 8.06. The van der Waals surface area contributed by atoms with Gasteiger partial charge in [0.05, 0.1) is 6.61 Å². The number of esters is 1. The summed E-state index contributed by atoms with van der Waals surface area (Å²) in [5, 5.41) is 0. The predicted octanol–water partition coefficient (Wildman–Crippen LogP) is 0.670. The lowest BCUT2D eigenvalue weighted by Crippen LogP contribution is -2.48. The number of nitrogens with zero attached hydrogens (tertiary/aromatic N) is 1. The molecule has 1 aromatic carbocycles. The van der Waals surface area contributed by atoms with Crippen molar-refractivity contribution in [3.63, 3.8) is 0 Å². The number of methoxy groups -OCH3 is 1. The molecule has 110 valence electrons. The quantitative estimate of drug-likeness (QED) is 0.568. The van der Waals surface area contributed by atoms with Crippen molar-refractivity contribution in [2.24, 2.45) is 0 Å². The van der Waals surface area contributed by atoms with E-state index in [1.165, 1.54) is 7.11 Å². The van der Waals surface area contributed by atoms with Crippen LogP contribution in [-0.2, 0) is 30.5 Å². The molecular formula is C15H15NO5. The van der Waals surface area contributed by atoms with E-state index in [1.54, 1.807) is 0 Å². The standard InChI is InChI=1S/C15H15NO5/c1-20-10-12(16-13(17)7-8-14(16)18)15(19)21-9-11-5-3-2-4-6-11/h2-8,12H,9-10H2,1H3. The molecule has 0 spiro atoms. The molecule has 1 aliphatic heterocycles. The molecule has 0 aromatic heterocycles. The molecule has 1 unspecified atom stereocenters. The van der Waals surface area contributed by atoms with Crippen molar-refractivity contribution >= 4 is 17.8 Å². The Kier molecular flexibility index (Phi) is 4.84. The first-order chi connectivity index (χ1) is 10.1. The highest BCUT2D eigenvalue weighted by atomic mass is 16.5. The van der Waals surface area contributed by atoms with Gasteiger partial charge in [-0.25, -0.2) is 4.79 Å². The number of carbonyl (C=O) groups excluding carboxylic acids is 3. The van der Waals surface area contributed by atoms with E-state index in [4.69, 9.17) is 9.47 Å². The molecule has 0 saturated heterocycles. The van der Waals surface area contributed by atoms with Gasteiger partial charge in [0.25, 0.3) is 11.8 Å². The molecular weight excluding hydrogens is 274 g/mol. The van der Waals surface area contributed by atoms with Gasteiger partial charge in [0.2, 0.25) is 0 Å². The Morgan fingerprint density at radius 3 is 2.33 bits per heavy atom. The topological polar surface area (TPSA) is 72.9 Å². The average Bonchev–Trinajstić information content (AvgIpc) is 2.83. The first-order valence-electron chi connectivity index (χ1n) is 6.38. The van der Waals surface area contributed by atoms with Gasteiger partial charge in [0.15, 0.2) is 6.04 Å². The van der Waals surface area contributed by atoms with Gasteiger partial charge in [-0.05, 0) is 5.56 Å². The van der Waals surface area contributed by atoms with Crippen molar-refractivity contribution < 1.29 is 23.9 Å². The number of hydrogen-bond acceptors (Lipinski definition) is 5. The monoisotopic (exact) mass is 289 g/mol. The van der Waals surface area contributed by atoms with Crippen molar-refractivity contribution in [3.05, 3.63) is 48.0 Å². The van der Waals surface area contributed by atoms with Gasteiger partial charge in [0.1, 0.15) is 6.61 Å². The van der Waals surface area contributed by atoms with E-state index >= 15 is 0 Å². The number of imide groups is 1. The molecule has 0 radical (unpaired) electrons. The van der Waals surface area contributed by atoms with Gasteiger partial charge in [-0.2, -0.15) is 0 Å². The van der Waals surface area contributed by atoms with Gasteiger partial charge < -0.3 is 9.47 Å². The number of amides is 2. The minimum Gasteiger partial charge on any atom is -0.459 e. The highest BCUT2D eigenvalue weighted by Gasteiger charge is 2.36. The summed E-state index contributed by atoms with van der Waals surface area (Å²) in [5.74, 6) is -1.76. The molecule has 0 bridgehead atoms. The highest BCUT2D eigenvalue weighted by Crippen LogP contribution is 2.12. The van der Waals surface area contributed by atoms with E-state index in [9.17, 15) is 14.4 Å². The van der Waals surface area contributed by atoms with Crippen LogP contribution in [0.1, 0.15) is 5.56 Å². The lowest BCUT2D eigenvalue weighted by molar-refractivity contribution is -0.160. The number of benzene rings is 1. The van der Waals surface area contributed by atoms with Crippen LogP contribution in [0.3, 0.4) is 0 Å². The summed E-state index contributed by atoms with van der Waals surface area (Å²) >= 11 is 0.